The van der Waals surface area contributed by atoms with E-state index in [2.05, 4.69) is 10.3 Å². The van der Waals surface area contributed by atoms with Gasteiger partial charge in [0.25, 0.3) is 0 Å². The Labute approximate surface area is 210 Å². The maximum Gasteiger partial charge on any atom is 0.335 e. The van der Waals surface area contributed by atoms with Crippen molar-refractivity contribution in [1.82, 2.24) is 10.3 Å². The molecule has 3 heterocycles. The number of thiocarbonyl (C=S) groups is 1. The number of carbonyl (C=O) groups is 2. The average Bonchev–Trinajstić information content (AvgIpc) is 3.49. The average molecular weight is 502 g/mol. The maximum atomic E-state index is 11.6. The SMILES string of the molecule is O=C(O)c1cc(C(=O)O)cc(-c2ccc([C@H]3[C@H](c4ccccn4)NC(=S)N3c3ccc(O)cc3)o2)c1. The van der Waals surface area contributed by atoms with Gasteiger partial charge in [-0.15, -0.1) is 0 Å². The number of carboxylic acid groups (broad SMARTS) is 2. The Morgan fingerprint density at radius 3 is 2.25 bits per heavy atom. The molecule has 0 saturated carbocycles. The molecule has 2 atom stereocenters. The molecule has 1 fully saturated rings. The van der Waals surface area contributed by atoms with Gasteiger partial charge in [0.1, 0.15) is 23.3 Å². The number of rotatable bonds is 6. The lowest BCUT2D eigenvalue weighted by atomic mass is 10.0. The fourth-order valence-corrected chi connectivity index (χ4v) is 4.56. The Hall–Kier alpha value is -4.70. The van der Waals surface area contributed by atoms with Crippen molar-refractivity contribution in [3.63, 3.8) is 0 Å². The molecule has 0 radical (unpaired) electrons. The minimum Gasteiger partial charge on any atom is -0.508 e. The first kappa shape index (κ1) is 23.1. The lowest BCUT2D eigenvalue weighted by Gasteiger charge is -2.26. The Balaban J connectivity index is 1.61. The number of pyridine rings is 1. The van der Waals surface area contributed by atoms with Crippen LogP contribution in [0.2, 0.25) is 0 Å². The smallest absolute Gasteiger partial charge is 0.335 e. The maximum absolute atomic E-state index is 11.6. The molecule has 0 spiro atoms. The molecule has 9 nitrogen and oxygen atoms in total. The Bertz CT molecular complexity index is 1440. The highest BCUT2D eigenvalue weighted by Gasteiger charge is 2.42. The first-order valence-corrected chi connectivity index (χ1v) is 11.2. The van der Waals surface area contributed by atoms with Gasteiger partial charge >= 0.3 is 11.9 Å². The van der Waals surface area contributed by atoms with E-state index < -0.39 is 18.0 Å². The largest absolute Gasteiger partial charge is 0.508 e. The van der Waals surface area contributed by atoms with Gasteiger partial charge in [-0.25, -0.2) is 9.59 Å². The van der Waals surface area contributed by atoms with E-state index in [0.29, 0.717) is 27.9 Å². The highest BCUT2D eigenvalue weighted by molar-refractivity contribution is 7.80. The zero-order valence-electron chi connectivity index (χ0n) is 18.5. The number of phenolic OH excluding ortho intramolecular Hbond substituents is 1. The molecule has 2 aromatic carbocycles. The van der Waals surface area contributed by atoms with Crippen molar-refractivity contribution in [2.75, 3.05) is 4.90 Å². The third-order valence-corrected chi connectivity index (χ3v) is 6.17. The summed E-state index contributed by atoms with van der Waals surface area (Å²) in [5, 5.41) is 32.3. The van der Waals surface area contributed by atoms with E-state index in [9.17, 15) is 24.9 Å². The molecule has 1 aliphatic heterocycles. The summed E-state index contributed by atoms with van der Waals surface area (Å²) in [6, 6.07) is 18.5. The number of benzene rings is 2. The third-order valence-electron chi connectivity index (χ3n) is 5.86. The molecule has 4 aromatic rings. The predicted octanol–water partition coefficient (Wildman–Crippen LogP) is 4.62. The van der Waals surface area contributed by atoms with Crippen LogP contribution >= 0.6 is 12.2 Å². The number of phenols is 1. The number of nitrogens with zero attached hydrogens (tertiary/aromatic N) is 2. The summed E-state index contributed by atoms with van der Waals surface area (Å²) in [4.78, 5) is 29.4. The van der Waals surface area contributed by atoms with Gasteiger partial charge in [-0.3, -0.25) is 4.98 Å². The van der Waals surface area contributed by atoms with Gasteiger partial charge in [-0.2, -0.15) is 0 Å². The quantitative estimate of drug-likeness (QED) is 0.277. The van der Waals surface area contributed by atoms with Crippen LogP contribution in [0, 0.1) is 0 Å². The summed E-state index contributed by atoms with van der Waals surface area (Å²) in [6.45, 7) is 0. The monoisotopic (exact) mass is 501 g/mol. The Morgan fingerprint density at radius 1 is 0.944 bits per heavy atom. The second-order valence-electron chi connectivity index (χ2n) is 8.12. The Kier molecular flexibility index (Phi) is 5.87. The number of aromatic nitrogens is 1. The highest BCUT2D eigenvalue weighted by atomic mass is 32.1. The van der Waals surface area contributed by atoms with Crippen LogP contribution < -0.4 is 10.2 Å². The van der Waals surface area contributed by atoms with Crippen LogP contribution in [-0.2, 0) is 0 Å². The molecular weight excluding hydrogens is 482 g/mol. The molecule has 0 aliphatic carbocycles. The minimum atomic E-state index is -1.25. The Morgan fingerprint density at radius 2 is 1.64 bits per heavy atom. The number of carboxylic acids is 2. The van der Waals surface area contributed by atoms with Crippen molar-refractivity contribution in [2.24, 2.45) is 0 Å². The molecule has 5 rings (SSSR count). The van der Waals surface area contributed by atoms with E-state index in [1.807, 2.05) is 23.1 Å². The summed E-state index contributed by atoms with van der Waals surface area (Å²) >= 11 is 5.65. The van der Waals surface area contributed by atoms with Gasteiger partial charge < -0.3 is 30.0 Å². The van der Waals surface area contributed by atoms with E-state index in [1.54, 1.807) is 42.6 Å². The van der Waals surface area contributed by atoms with Crippen LogP contribution in [0.5, 0.6) is 5.75 Å². The van der Waals surface area contributed by atoms with Crippen LogP contribution in [0.3, 0.4) is 0 Å². The number of hydrogen-bond acceptors (Lipinski definition) is 6. The van der Waals surface area contributed by atoms with E-state index in [0.717, 1.165) is 11.8 Å². The normalized spacial score (nSPS) is 17.1. The minimum absolute atomic E-state index is 0.113. The predicted molar refractivity (Wildman–Crippen MR) is 134 cm³/mol. The first-order valence-electron chi connectivity index (χ1n) is 10.8. The van der Waals surface area contributed by atoms with Crippen molar-refractivity contribution in [1.29, 1.82) is 0 Å². The van der Waals surface area contributed by atoms with Gasteiger partial charge in [0.2, 0.25) is 0 Å². The molecule has 4 N–H and O–H groups in total. The van der Waals surface area contributed by atoms with E-state index in [4.69, 9.17) is 16.6 Å². The van der Waals surface area contributed by atoms with Crippen LogP contribution in [0.15, 0.2) is 83.4 Å². The molecule has 36 heavy (non-hydrogen) atoms. The third kappa shape index (κ3) is 4.25. The highest BCUT2D eigenvalue weighted by Crippen LogP contribution is 2.43. The summed E-state index contributed by atoms with van der Waals surface area (Å²) in [5.41, 5.74) is 1.43. The van der Waals surface area contributed by atoms with Gasteiger partial charge in [0.15, 0.2) is 5.11 Å². The van der Waals surface area contributed by atoms with E-state index >= 15 is 0 Å². The van der Waals surface area contributed by atoms with Gasteiger partial charge in [-0.1, -0.05) is 6.07 Å². The molecule has 180 valence electrons. The van der Waals surface area contributed by atoms with Crippen molar-refractivity contribution in [3.8, 4) is 17.1 Å². The van der Waals surface area contributed by atoms with Crippen LogP contribution in [0.25, 0.3) is 11.3 Å². The summed E-state index contributed by atoms with van der Waals surface area (Å²) in [7, 11) is 0. The van der Waals surface area contributed by atoms with E-state index in [-0.39, 0.29) is 22.9 Å². The number of aromatic carboxylic acids is 2. The molecular formula is C26H19N3O6S. The lowest BCUT2D eigenvalue weighted by molar-refractivity contribution is 0.0696. The van der Waals surface area contributed by atoms with E-state index in [1.165, 1.54) is 12.1 Å². The van der Waals surface area contributed by atoms with Crippen molar-refractivity contribution < 1.29 is 29.3 Å². The first-order chi connectivity index (χ1) is 17.3. The molecule has 2 aromatic heterocycles. The zero-order valence-corrected chi connectivity index (χ0v) is 19.3. The standard InChI is InChI=1S/C26H19N3O6S/c30-18-6-4-17(5-7-18)29-23(22(28-26(29)36)19-3-1-2-10-27-19)21-9-8-20(35-21)14-11-15(24(31)32)13-16(12-14)25(33)34/h1-13,22-23,30H,(H,28,36)(H,31,32)(H,33,34)/t22-,23-/m0/s1. The van der Waals surface area contributed by atoms with Crippen LogP contribution in [0.1, 0.15) is 44.3 Å². The number of hydrogen-bond donors (Lipinski definition) is 4. The fourth-order valence-electron chi connectivity index (χ4n) is 4.22. The number of aromatic hydroxyl groups is 1. The summed E-state index contributed by atoms with van der Waals surface area (Å²) in [5.74, 6) is -1.57. The van der Waals surface area contributed by atoms with Gasteiger partial charge in [0, 0.05) is 17.4 Å². The molecule has 1 aliphatic rings. The lowest BCUT2D eigenvalue weighted by Crippen LogP contribution is -2.29. The molecule has 0 unspecified atom stereocenters. The molecule has 0 bridgehead atoms. The second-order valence-corrected chi connectivity index (χ2v) is 8.51. The van der Waals surface area contributed by atoms with Crippen molar-refractivity contribution in [3.05, 3.63) is 102 Å². The molecule has 10 heteroatoms. The summed E-state index contributed by atoms with van der Waals surface area (Å²) in [6.07, 6.45) is 1.68. The van der Waals surface area contributed by atoms with Crippen LogP contribution in [0.4, 0.5) is 5.69 Å². The van der Waals surface area contributed by atoms with Gasteiger partial charge in [0.05, 0.1) is 22.9 Å². The summed E-state index contributed by atoms with van der Waals surface area (Å²) < 4.78 is 6.19. The topological polar surface area (TPSA) is 136 Å². The molecule has 0 amide bonds. The number of anilines is 1. The zero-order chi connectivity index (χ0) is 25.4. The number of nitrogens with one attached hydrogen (secondary N) is 1. The molecule has 1 saturated heterocycles. The fraction of sp³-hybridized carbons (Fsp3) is 0.0769. The van der Waals surface area contributed by atoms with Crippen LogP contribution in [-0.4, -0.2) is 37.4 Å². The van der Waals surface area contributed by atoms with Crippen molar-refractivity contribution in [2.45, 2.75) is 12.1 Å². The second kappa shape index (κ2) is 9.16. The number of furan rings is 1. The van der Waals surface area contributed by atoms with Gasteiger partial charge in [-0.05, 0) is 78.9 Å². The van der Waals surface area contributed by atoms with Crippen molar-refractivity contribution >= 4 is 35.0 Å².